The first-order valence-corrected chi connectivity index (χ1v) is 9.39. The quantitative estimate of drug-likeness (QED) is 0.601. The Bertz CT molecular complexity index is 877. The van der Waals surface area contributed by atoms with Crippen LogP contribution in [0.4, 0.5) is 0 Å². The molecule has 3 rings (SSSR count). The maximum absolute atomic E-state index is 12.5. The fraction of sp³-hybridized carbons (Fsp3) is 0.217. The van der Waals surface area contributed by atoms with Crippen molar-refractivity contribution in [3.63, 3.8) is 0 Å². The molecule has 0 saturated carbocycles. The highest BCUT2D eigenvalue weighted by atomic mass is 16.3. The zero-order chi connectivity index (χ0) is 19.8. The van der Waals surface area contributed by atoms with Crippen LogP contribution in [0.15, 0.2) is 83.5 Å². The minimum absolute atomic E-state index is 0.0529. The molecule has 2 aromatic carbocycles. The number of quaternary nitrogens is 1. The van der Waals surface area contributed by atoms with Crippen molar-refractivity contribution in [3.8, 4) is 0 Å². The summed E-state index contributed by atoms with van der Waals surface area (Å²) >= 11 is 0. The number of amides is 1. The number of nitrogens with two attached hydrogens (primary N) is 1. The summed E-state index contributed by atoms with van der Waals surface area (Å²) in [5, 5.41) is 4.79. The minimum atomic E-state index is -0.526. The van der Waals surface area contributed by atoms with E-state index in [0.717, 1.165) is 16.9 Å². The van der Waals surface area contributed by atoms with Crippen LogP contribution in [0.25, 0.3) is 0 Å². The first-order chi connectivity index (χ1) is 13.6. The summed E-state index contributed by atoms with van der Waals surface area (Å²) < 4.78 is 5.56. The van der Waals surface area contributed by atoms with Gasteiger partial charge in [-0.3, -0.25) is 9.59 Å². The SMILES string of the molecule is CC(=O)[C@H](Cc1ccccc1)NC(=O)C[NH2+][C@@H](c1ccccc1)c1ccco1. The molecule has 5 nitrogen and oxygen atoms in total. The maximum atomic E-state index is 12.5. The number of ketones is 1. The average Bonchev–Trinajstić information content (AvgIpc) is 3.24. The van der Waals surface area contributed by atoms with Gasteiger partial charge in [-0.25, -0.2) is 0 Å². The molecule has 3 N–H and O–H groups in total. The molecule has 1 heterocycles. The Kier molecular flexibility index (Phi) is 6.76. The Hall–Kier alpha value is -3.18. The van der Waals surface area contributed by atoms with Gasteiger partial charge in [0.1, 0.15) is 0 Å². The van der Waals surface area contributed by atoms with E-state index in [0.29, 0.717) is 6.42 Å². The third-order valence-corrected chi connectivity index (χ3v) is 4.66. The highest BCUT2D eigenvalue weighted by molar-refractivity contribution is 5.88. The molecule has 0 aliphatic rings. The van der Waals surface area contributed by atoms with Crippen LogP contribution < -0.4 is 10.6 Å². The first-order valence-electron chi connectivity index (χ1n) is 9.39. The second kappa shape index (κ2) is 9.67. The van der Waals surface area contributed by atoms with Gasteiger partial charge in [-0.05, 0) is 31.0 Å². The van der Waals surface area contributed by atoms with Crippen LogP contribution in [0.1, 0.15) is 29.9 Å². The lowest BCUT2D eigenvalue weighted by Crippen LogP contribution is -2.88. The van der Waals surface area contributed by atoms with Gasteiger partial charge in [0, 0.05) is 5.56 Å². The van der Waals surface area contributed by atoms with Gasteiger partial charge in [0.2, 0.25) is 0 Å². The van der Waals surface area contributed by atoms with Gasteiger partial charge in [-0.2, -0.15) is 0 Å². The lowest BCUT2D eigenvalue weighted by Gasteiger charge is -2.17. The second-order valence-corrected chi connectivity index (χ2v) is 6.76. The predicted molar refractivity (Wildman–Crippen MR) is 107 cm³/mol. The van der Waals surface area contributed by atoms with E-state index in [1.807, 2.05) is 78.1 Å². The fourth-order valence-electron chi connectivity index (χ4n) is 3.17. The van der Waals surface area contributed by atoms with E-state index in [9.17, 15) is 9.59 Å². The van der Waals surface area contributed by atoms with Crippen molar-refractivity contribution < 1.29 is 19.3 Å². The third-order valence-electron chi connectivity index (χ3n) is 4.66. The Balaban J connectivity index is 1.63. The van der Waals surface area contributed by atoms with Crippen molar-refractivity contribution in [1.82, 2.24) is 5.32 Å². The molecule has 0 radical (unpaired) electrons. The van der Waals surface area contributed by atoms with Gasteiger partial charge in [-0.15, -0.1) is 0 Å². The van der Waals surface area contributed by atoms with Gasteiger partial charge in [0.05, 0.1) is 12.3 Å². The molecule has 0 aliphatic carbocycles. The van der Waals surface area contributed by atoms with Crippen LogP contribution in [0.2, 0.25) is 0 Å². The molecular weight excluding hydrogens is 352 g/mol. The van der Waals surface area contributed by atoms with Crippen LogP contribution in [-0.2, 0) is 16.0 Å². The van der Waals surface area contributed by atoms with Gasteiger partial charge >= 0.3 is 0 Å². The molecule has 0 spiro atoms. The topological polar surface area (TPSA) is 75.9 Å². The fourth-order valence-corrected chi connectivity index (χ4v) is 3.17. The highest BCUT2D eigenvalue weighted by Crippen LogP contribution is 2.18. The number of benzene rings is 2. The van der Waals surface area contributed by atoms with Gasteiger partial charge in [0.15, 0.2) is 24.1 Å². The van der Waals surface area contributed by atoms with Crippen LogP contribution in [0, 0.1) is 0 Å². The first kappa shape index (κ1) is 19.6. The van der Waals surface area contributed by atoms with E-state index in [2.05, 4.69) is 5.32 Å². The zero-order valence-corrected chi connectivity index (χ0v) is 15.9. The van der Waals surface area contributed by atoms with Crippen LogP contribution in [0.3, 0.4) is 0 Å². The minimum Gasteiger partial charge on any atom is -0.463 e. The lowest BCUT2D eigenvalue weighted by atomic mass is 10.0. The third kappa shape index (κ3) is 5.41. The molecule has 1 amide bonds. The molecule has 0 fully saturated rings. The number of hydrogen-bond donors (Lipinski definition) is 2. The summed E-state index contributed by atoms with van der Waals surface area (Å²) in [6.07, 6.45) is 2.12. The number of hydrogen-bond acceptors (Lipinski definition) is 3. The number of Topliss-reactive ketones (excluding diaryl/α,β-unsaturated/α-hetero) is 1. The highest BCUT2D eigenvalue weighted by Gasteiger charge is 2.23. The molecule has 1 aromatic heterocycles. The number of rotatable bonds is 9. The summed E-state index contributed by atoms with van der Waals surface area (Å²) in [4.78, 5) is 24.5. The summed E-state index contributed by atoms with van der Waals surface area (Å²) in [5.74, 6) is 0.554. The Labute approximate surface area is 164 Å². The summed E-state index contributed by atoms with van der Waals surface area (Å²) in [6.45, 7) is 1.70. The Morgan fingerprint density at radius 1 is 0.964 bits per heavy atom. The van der Waals surface area contributed by atoms with E-state index in [1.54, 1.807) is 6.26 Å². The molecule has 144 valence electrons. The van der Waals surface area contributed by atoms with E-state index >= 15 is 0 Å². The predicted octanol–water partition coefficient (Wildman–Crippen LogP) is 2.25. The molecule has 0 aliphatic heterocycles. The molecule has 0 bridgehead atoms. The van der Waals surface area contributed by atoms with Crippen LogP contribution in [-0.4, -0.2) is 24.3 Å². The van der Waals surface area contributed by atoms with Gasteiger partial charge in [-0.1, -0.05) is 60.7 Å². The van der Waals surface area contributed by atoms with Crippen molar-refractivity contribution in [2.24, 2.45) is 0 Å². The normalized spacial score (nSPS) is 12.9. The van der Waals surface area contributed by atoms with Crippen molar-refractivity contribution in [3.05, 3.63) is 95.9 Å². The number of carbonyl (C=O) groups is 2. The zero-order valence-electron chi connectivity index (χ0n) is 15.9. The molecule has 3 aromatic rings. The maximum Gasteiger partial charge on any atom is 0.275 e. The monoisotopic (exact) mass is 377 g/mol. The van der Waals surface area contributed by atoms with E-state index in [-0.39, 0.29) is 24.3 Å². The summed E-state index contributed by atoms with van der Waals surface area (Å²) in [6, 6.07) is 22.7. The van der Waals surface area contributed by atoms with Crippen LogP contribution in [0.5, 0.6) is 0 Å². The van der Waals surface area contributed by atoms with Crippen molar-refractivity contribution in [1.29, 1.82) is 0 Å². The second-order valence-electron chi connectivity index (χ2n) is 6.76. The summed E-state index contributed by atoms with van der Waals surface area (Å²) in [5.41, 5.74) is 2.07. The molecular formula is C23H25N2O3+. The van der Waals surface area contributed by atoms with Crippen LogP contribution >= 0.6 is 0 Å². The van der Waals surface area contributed by atoms with Crippen molar-refractivity contribution in [2.45, 2.75) is 25.4 Å². The largest absolute Gasteiger partial charge is 0.463 e. The Morgan fingerprint density at radius 2 is 1.64 bits per heavy atom. The lowest BCUT2D eigenvalue weighted by molar-refractivity contribution is -0.678. The van der Waals surface area contributed by atoms with Crippen molar-refractivity contribution in [2.75, 3.05) is 6.54 Å². The van der Waals surface area contributed by atoms with E-state index in [1.165, 1.54) is 6.92 Å². The molecule has 5 heteroatoms. The molecule has 0 unspecified atom stereocenters. The number of nitrogens with one attached hydrogen (secondary N) is 1. The number of furan rings is 1. The Morgan fingerprint density at radius 3 is 2.25 bits per heavy atom. The molecule has 2 atom stereocenters. The summed E-state index contributed by atoms with van der Waals surface area (Å²) in [7, 11) is 0. The number of carbonyl (C=O) groups excluding carboxylic acids is 2. The van der Waals surface area contributed by atoms with E-state index in [4.69, 9.17) is 4.42 Å². The van der Waals surface area contributed by atoms with Gasteiger partial charge in [0.25, 0.3) is 5.91 Å². The van der Waals surface area contributed by atoms with E-state index < -0.39 is 6.04 Å². The molecule has 0 saturated heterocycles. The van der Waals surface area contributed by atoms with Crippen molar-refractivity contribution >= 4 is 11.7 Å². The van der Waals surface area contributed by atoms with Gasteiger partial charge < -0.3 is 15.1 Å². The standard InChI is InChI=1S/C23H24N2O3/c1-17(26)20(15-18-9-4-2-5-10-18)25-22(27)16-24-23(21-13-8-14-28-21)19-11-6-3-7-12-19/h2-14,20,23-24H,15-16H2,1H3,(H,25,27)/p+1/t20-,23-/m0/s1. The molecule has 28 heavy (non-hydrogen) atoms. The smallest absolute Gasteiger partial charge is 0.275 e. The average molecular weight is 377 g/mol.